The molecule has 1 aliphatic rings. The van der Waals surface area contributed by atoms with Gasteiger partial charge in [-0.15, -0.1) is 0 Å². The Balaban J connectivity index is 2.18. The third-order valence-electron chi connectivity index (χ3n) is 2.62. The van der Waals surface area contributed by atoms with Crippen LogP contribution >= 0.6 is 0 Å². The first-order chi connectivity index (χ1) is 7.29. The molecule has 0 radical (unpaired) electrons. The second-order valence-electron chi connectivity index (χ2n) is 3.75. The molecule has 0 bridgehead atoms. The maximum Gasteiger partial charge on any atom is 0.142 e. The molecule has 78 valence electrons. The average Bonchev–Trinajstić information content (AvgIpc) is 2.29. The van der Waals surface area contributed by atoms with Gasteiger partial charge in [-0.05, 0) is 25.0 Å². The molecule has 1 saturated heterocycles. The highest BCUT2D eigenvalue weighted by Crippen LogP contribution is 2.19. The lowest BCUT2D eigenvalue weighted by Gasteiger charge is -2.31. The molecule has 0 aromatic carbocycles. The Hall–Kier alpha value is -1.60. The summed E-state index contributed by atoms with van der Waals surface area (Å²) in [6.07, 6.45) is 3.24. The van der Waals surface area contributed by atoms with Crippen LogP contribution in [-0.2, 0) is 0 Å². The van der Waals surface area contributed by atoms with Gasteiger partial charge >= 0.3 is 0 Å². The van der Waals surface area contributed by atoms with E-state index >= 15 is 0 Å². The Bertz CT molecular complexity index is 386. The molecule has 0 aliphatic carbocycles. The topological polar surface area (TPSA) is 60.2 Å². The van der Waals surface area contributed by atoms with E-state index in [1.165, 1.54) is 0 Å². The van der Waals surface area contributed by atoms with Gasteiger partial charge in [-0.1, -0.05) is 0 Å². The zero-order valence-corrected chi connectivity index (χ0v) is 8.43. The Morgan fingerprint density at radius 3 is 3.20 bits per heavy atom. The number of piperidine rings is 1. The minimum Gasteiger partial charge on any atom is -0.391 e. The summed E-state index contributed by atoms with van der Waals surface area (Å²) in [5.41, 5.74) is 1.40. The number of nitrogens with zero attached hydrogens (tertiary/aromatic N) is 3. The van der Waals surface area contributed by atoms with Gasteiger partial charge in [0, 0.05) is 25.0 Å². The van der Waals surface area contributed by atoms with Crippen molar-refractivity contribution < 1.29 is 5.11 Å². The van der Waals surface area contributed by atoms with Gasteiger partial charge in [0.15, 0.2) is 0 Å². The molecule has 2 rings (SSSR count). The normalized spacial score (nSPS) is 21.1. The van der Waals surface area contributed by atoms with Gasteiger partial charge in [0.2, 0.25) is 0 Å². The van der Waals surface area contributed by atoms with Gasteiger partial charge in [0.05, 0.1) is 6.10 Å². The van der Waals surface area contributed by atoms with E-state index in [1.54, 1.807) is 12.3 Å². The highest BCUT2D eigenvalue weighted by molar-refractivity contribution is 5.49. The van der Waals surface area contributed by atoms with Crippen molar-refractivity contribution >= 4 is 5.69 Å². The van der Waals surface area contributed by atoms with Crippen molar-refractivity contribution in [1.82, 2.24) is 4.98 Å². The van der Waals surface area contributed by atoms with Crippen molar-refractivity contribution in [3.63, 3.8) is 0 Å². The molecule has 0 amide bonds. The molecule has 0 saturated carbocycles. The Labute approximate surface area is 88.8 Å². The number of rotatable bonds is 1. The molecule has 1 unspecified atom stereocenters. The summed E-state index contributed by atoms with van der Waals surface area (Å²) in [6.45, 7) is 1.58. The van der Waals surface area contributed by atoms with Crippen molar-refractivity contribution in [2.75, 3.05) is 18.0 Å². The largest absolute Gasteiger partial charge is 0.391 e. The maximum absolute atomic E-state index is 9.55. The molecule has 1 aromatic rings. The summed E-state index contributed by atoms with van der Waals surface area (Å²) >= 11 is 0. The fourth-order valence-electron chi connectivity index (χ4n) is 1.87. The van der Waals surface area contributed by atoms with Gasteiger partial charge in [0.1, 0.15) is 11.8 Å². The molecule has 1 atom stereocenters. The quantitative estimate of drug-likeness (QED) is 0.737. The van der Waals surface area contributed by atoms with Crippen molar-refractivity contribution in [2.45, 2.75) is 18.9 Å². The van der Waals surface area contributed by atoms with E-state index < -0.39 is 0 Å². The second-order valence-corrected chi connectivity index (χ2v) is 3.75. The number of hydrogen-bond acceptors (Lipinski definition) is 4. The van der Waals surface area contributed by atoms with Crippen LogP contribution in [0.2, 0.25) is 0 Å². The van der Waals surface area contributed by atoms with E-state index in [2.05, 4.69) is 9.88 Å². The summed E-state index contributed by atoms with van der Waals surface area (Å²) in [7, 11) is 0. The number of pyridine rings is 1. The molecular formula is C11H13N3O. The zero-order valence-electron chi connectivity index (χ0n) is 8.43. The number of hydrogen-bond donors (Lipinski definition) is 1. The van der Waals surface area contributed by atoms with Gasteiger partial charge in [-0.2, -0.15) is 5.26 Å². The van der Waals surface area contributed by atoms with Crippen LogP contribution in [0, 0.1) is 11.3 Å². The summed E-state index contributed by atoms with van der Waals surface area (Å²) in [4.78, 5) is 6.02. The summed E-state index contributed by atoms with van der Waals surface area (Å²) < 4.78 is 0. The van der Waals surface area contributed by atoms with E-state index in [4.69, 9.17) is 5.26 Å². The fourth-order valence-corrected chi connectivity index (χ4v) is 1.87. The first kappa shape index (κ1) is 9.94. The van der Waals surface area contributed by atoms with Gasteiger partial charge in [0.25, 0.3) is 0 Å². The minimum absolute atomic E-state index is 0.252. The third-order valence-corrected chi connectivity index (χ3v) is 2.62. The fraction of sp³-hybridized carbons (Fsp3) is 0.455. The Morgan fingerprint density at radius 1 is 1.60 bits per heavy atom. The van der Waals surface area contributed by atoms with Crippen LogP contribution in [0.4, 0.5) is 5.69 Å². The number of anilines is 1. The lowest BCUT2D eigenvalue weighted by molar-refractivity contribution is 0.154. The predicted octanol–water partition coefficient (Wildman–Crippen LogP) is 0.914. The minimum atomic E-state index is -0.252. The second kappa shape index (κ2) is 4.28. The van der Waals surface area contributed by atoms with Crippen LogP contribution < -0.4 is 4.90 Å². The number of aliphatic hydroxyl groups excluding tert-OH is 1. The molecular weight excluding hydrogens is 190 g/mol. The smallest absolute Gasteiger partial charge is 0.142 e. The van der Waals surface area contributed by atoms with Crippen molar-refractivity contribution in [3.8, 4) is 6.07 Å². The summed E-state index contributed by atoms with van der Waals surface area (Å²) in [5.74, 6) is 0. The number of β-amino-alcohol motifs (C(OH)–C–C–N with tert-alkyl or cyclic N) is 1. The van der Waals surface area contributed by atoms with Gasteiger partial charge < -0.3 is 10.0 Å². The highest BCUT2D eigenvalue weighted by atomic mass is 16.3. The Morgan fingerprint density at radius 2 is 2.47 bits per heavy atom. The molecule has 1 N–H and O–H groups in total. The summed E-state index contributed by atoms with van der Waals surface area (Å²) in [6, 6.07) is 5.65. The van der Waals surface area contributed by atoms with Crippen LogP contribution in [0.25, 0.3) is 0 Å². The molecule has 2 heterocycles. The highest BCUT2D eigenvalue weighted by Gasteiger charge is 2.17. The average molecular weight is 203 g/mol. The molecule has 0 spiro atoms. The van der Waals surface area contributed by atoms with Crippen molar-refractivity contribution in [2.24, 2.45) is 0 Å². The first-order valence-corrected chi connectivity index (χ1v) is 5.09. The van der Waals surface area contributed by atoms with Crippen LogP contribution in [0.5, 0.6) is 0 Å². The predicted molar refractivity (Wildman–Crippen MR) is 56.4 cm³/mol. The van der Waals surface area contributed by atoms with Gasteiger partial charge in [-0.3, -0.25) is 0 Å². The zero-order chi connectivity index (χ0) is 10.7. The van der Waals surface area contributed by atoms with Crippen LogP contribution in [-0.4, -0.2) is 29.3 Å². The van der Waals surface area contributed by atoms with E-state index in [0.717, 1.165) is 25.1 Å². The van der Waals surface area contributed by atoms with E-state index in [1.807, 2.05) is 12.1 Å². The molecule has 15 heavy (non-hydrogen) atoms. The van der Waals surface area contributed by atoms with Crippen LogP contribution in [0.1, 0.15) is 18.5 Å². The van der Waals surface area contributed by atoms with Crippen molar-refractivity contribution in [1.29, 1.82) is 5.26 Å². The van der Waals surface area contributed by atoms with Gasteiger partial charge in [-0.25, -0.2) is 4.98 Å². The lowest BCUT2D eigenvalue weighted by Crippen LogP contribution is -2.38. The van der Waals surface area contributed by atoms with Crippen LogP contribution in [0.15, 0.2) is 18.3 Å². The molecule has 1 fully saturated rings. The number of aliphatic hydroxyl groups is 1. The molecule has 4 nitrogen and oxygen atoms in total. The lowest BCUT2D eigenvalue weighted by atomic mass is 10.1. The number of aromatic nitrogens is 1. The third kappa shape index (κ3) is 2.25. The standard InChI is InChI=1S/C11H13N3O/c12-7-9-6-10(3-4-13-9)14-5-1-2-11(15)8-14/h3-4,6,11,15H,1-2,5,8H2. The molecule has 4 heteroatoms. The van der Waals surface area contributed by atoms with E-state index in [-0.39, 0.29) is 6.10 Å². The van der Waals surface area contributed by atoms with Crippen molar-refractivity contribution in [3.05, 3.63) is 24.0 Å². The maximum atomic E-state index is 9.55. The first-order valence-electron chi connectivity index (χ1n) is 5.09. The van der Waals surface area contributed by atoms with Crippen LogP contribution in [0.3, 0.4) is 0 Å². The molecule has 1 aromatic heterocycles. The Kier molecular flexibility index (Phi) is 2.84. The van der Waals surface area contributed by atoms with E-state index in [0.29, 0.717) is 12.2 Å². The number of nitriles is 1. The summed E-state index contributed by atoms with van der Waals surface area (Å²) in [5, 5.41) is 18.3. The SMILES string of the molecule is N#Cc1cc(N2CCCC(O)C2)ccn1. The monoisotopic (exact) mass is 203 g/mol. The molecule has 1 aliphatic heterocycles. The van der Waals surface area contributed by atoms with E-state index in [9.17, 15) is 5.11 Å².